The van der Waals surface area contributed by atoms with Gasteiger partial charge >= 0.3 is 16.8 Å². The second kappa shape index (κ2) is 13.6. The summed E-state index contributed by atoms with van der Waals surface area (Å²) in [6.07, 6.45) is 0. The first-order chi connectivity index (χ1) is 14.8. The zero-order valence-corrected chi connectivity index (χ0v) is 19.7. The number of rotatable bonds is 5. The Hall–Kier alpha value is -3.64. The molecule has 0 aromatic carbocycles. The van der Waals surface area contributed by atoms with E-state index in [4.69, 9.17) is 22.1 Å². The van der Waals surface area contributed by atoms with E-state index in [-0.39, 0.29) is 16.8 Å². The Morgan fingerprint density at radius 2 is 1.09 bits per heavy atom. The molecule has 32 heavy (non-hydrogen) atoms. The summed E-state index contributed by atoms with van der Waals surface area (Å²) in [6, 6.07) is 4.01. The van der Waals surface area contributed by atoms with Crippen LogP contribution in [-0.2, 0) is 16.8 Å². The SMILES string of the molecule is CCN(CC)c1nc(-n2nc(C)cc2C)nc(-n2nc(C)cc2C)n1.[Co+2].[N-]=[N+]=[N-].[N-]=[N+]=[N-]. The van der Waals surface area contributed by atoms with Crippen molar-refractivity contribution in [3.8, 4) is 11.9 Å². The van der Waals surface area contributed by atoms with Crippen LogP contribution in [0.1, 0.15) is 36.6 Å². The maximum atomic E-state index is 6.75. The van der Waals surface area contributed by atoms with Crippen molar-refractivity contribution in [3.63, 3.8) is 0 Å². The summed E-state index contributed by atoms with van der Waals surface area (Å²) < 4.78 is 3.50. The Morgan fingerprint density at radius 3 is 1.34 bits per heavy atom. The molecule has 3 rings (SSSR count). The van der Waals surface area contributed by atoms with Crippen molar-refractivity contribution >= 4 is 5.95 Å². The standard InChI is InChI=1S/C17H24N8.Co.2N3/c1-7-23(8-2)15-18-16(24-13(5)9-11(3)21-24)20-17(19-15)25-14(6)10-12(4)22-25;;2*1-3-2/h9-10H,7-8H2,1-6H3;;;/q;+2;2*-1. The van der Waals surface area contributed by atoms with E-state index in [0.717, 1.165) is 35.9 Å². The predicted molar refractivity (Wildman–Crippen MR) is 117 cm³/mol. The number of aromatic nitrogens is 7. The van der Waals surface area contributed by atoms with Crippen molar-refractivity contribution in [1.82, 2.24) is 34.5 Å². The van der Waals surface area contributed by atoms with Gasteiger partial charge in [-0.2, -0.15) is 25.1 Å². The summed E-state index contributed by atoms with van der Waals surface area (Å²) in [6.45, 7) is 13.7. The van der Waals surface area contributed by atoms with Gasteiger partial charge in [-0.1, -0.05) is 0 Å². The summed E-state index contributed by atoms with van der Waals surface area (Å²) in [7, 11) is 0. The molecule has 0 aliphatic heterocycles. The van der Waals surface area contributed by atoms with Gasteiger partial charge in [-0.15, -0.1) is 0 Å². The first kappa shape index (κ1) is 28.4. The first-order valence-electron chi connectivity index (χ1n) is 9.31. The molecule has 0 saturated heterocycles. The van der Waals surface area contributed by atoms with Crippen molar-refractivity contribution in [2.45, 2.75) is 41.5 Å². The van der Waals surface area contributed by atoms with Crippen molar-refractivity contribution in [2.75, 3.05) is 18.0 Å². The fourth-order valence-corrected chi connectivity index (χ4v) is 2.84. The van der Waals surface area contributed by atoms with Gasteiger partial charge in [0.25, 0.3) is 11.9 Å². The number of nitrogens with zero attached hydrogens (tertiary/aromatic N) is 14. The molecule has 14 nitrogen and oxygen atoms in total. The fraction of sp³-hybridized carbons (Fsp3) is 0.471. The third-order valence-electron chi connectivity index (χ3n) is 4.04. The van der Waals surface area contributed by atoms with Gasteiger partial charge in [-0.25, -0.2) is 9.36 Å². The molecule has 0 spiro atoms. The van der Waals surface area contributed by atoms with E-state index in [1.807, 2.05) is 39.8 Å². The van der Waals surface area contributed by atoms with Crippen LogP contribution >= 0.6 is 0 Å². The van der Waals surface area contributed by atoms with Gasteiger partial charge in [-0.05, 0) is 53.7 Å². The Morgan fingerprint density at radius 1 is 0.750 bits per heavy atom. The minimum Gasteiger partial charge on any atom is -0.373 e. The summed E-state index contributed by atoms with van der Waals surface area (Å²) in [5.41, 5.74) is 30.8. The van der Waals surface area contributed by atoms with Crippen LogP contribution in [0.15, 0.2) is 12.1 Å². The molecule has 0 amide bonds. The number of hydrogen-bond donors (Lipinski definition) is 0. The topological polar surface area (TPSA) is 195 Å². The molecule has 3 aromatic heterocycles. The predicted octanol–water partition coefficient (Wildman–Crippen LogP) is 4.05. The van der Waals surface area contributed by atoms with E-state index in [0.29, 0.717) is 17.8 Å². The normalized spacial score (nSPS) is 9.19. The average molecular weight is 483 g/mol. The van der Waals surface area contributed by atoms with Gasteiger partial charge < -0.3 is 27.0 Å². The van der Waals surface area contributed by atoms with Crippen LogP contribution < -0.4 is 4.90 Å². The van der Waals surface area contributed by atoms with Crippen LogP contribution in [0.5, 0.6) is 0 Å². The minimum atomic E-state index is 0. The Bertz CT molecular complexity index is 993. The molecule has 0 bridgehead atoms. The van der Waals surface area contributed by atoms with Crippen LogP contribution in [0.3, 0.4) is 0 Å². The first-order valence-corrected chi connectivity index (χ1v) is 9.31. The summed E-state index contributed by atoms with van der Waals surface area (Å²) in [4.78, 5) is 19.0. The van der Waals surface area contributed by atoms with Crippen LogP contribution in [-0.4, -0.2) is 47.6 Å². The van der Waals surface area contributed by atoms with Crippen molar-refractivity contribution in [1.29, 1.82) is 0 Å². The van der Waals surface area contributed by atoms with Gasteiger partial charge in [-0.3, -0.25) is 9.82 Å². The largest absolute Gasteiger partial charge is 2.00 e. The second-order valence-electron chi connectivity index (χ2n) is 6.26. The maximum absolute atomic E-state index is 6.75. The van der Waals surface area contributed by atoms with E-state index in [2.05, 4.69) is 43.9 Å². The zero-order valence-electron chi connectivity index (χ0n) is 18.7. The van der Waals surface area contributed by atoms with Crippen LogP contribution in [0, 0.1) is 27.7 Å². The Labute approximate surface area is 195 Å². The van der Waals surface area contributed by atoms with Crippen molar-refractivity contribution in [2.24, 2.45) is 0 Å². The molecule has 15 heteroatoms. The molecule has 0 N–H and O–H groups in total. The molecule has 0 aliphatic carbocycles. The molecular weight excluding hydrogens is 459 g/mol. The van der Waals surface area contributed by atoms with Crippen LogP contribution in [0.25, 0.3) is 43.8 Å². The molecule has 0 aliphatic rings. The van der Waals surface area contributed by atoms with E-state index in [9.17, 15) is 0 Å². The van der Waals surface area contributed by atoms with Crippen molar-refractivity contribution in [3.05, 3.63) is 66.9 Å². The third kappa shape index (κ3) is 7.25. The Balaban J connectivity index is 0.00000124. The van der Waals surface area contributed by atoms with Crippen LogP contribution in [0.2, 0.25) is 0 Å². The second-order valence-corrected chi connectivity index (χ2v) is 6.26. The van der Waals surface area contributed by atoms with Gasteiger partial charge in [0, 0.05) is 24.5 Å². The summed E-state index contributed by atoms with van der Waals surface area (Å²) in [5, 5.41) is 9.02. The van der Waals surface area contributed by atoms with Crippen molar-refractivity contribution < 1.29 is 16.8 Å². The molecular formula is C17H24CoN14. The maximum Gasteiger partial charge on any atom is 2.00 e. The molecule has 0 saturated carbocycles. The smallest absolute Gasteiger partial charge is 0.373 e. The molecule has 171 valence electrons. The summed E-state index contributed by atoms with van der Waals surface area (Å²) >= 11 is 0. The third-order valence-corrected chi connectivity index (χ3v) is 4.04. The van der Waals surface area contributed by atoms with Gasteiger partial charge in [0.15, 0.2) is 0 Å². The average Bonchev–Trinajstić information content (AvgIpc) is 3.23. The molecule has 1 radical (unpaired) electrons. The number of hydrogen-bond acceptors (Lipinski definition) is 6. The van der Waals surface area contributed by atoms with Gasteiger partial charge in [0.2, 0.25) is 5.95 Å². The number of aryl methyl sites for hydroxylation is 4. The van der Waals surface area contributed by atoms with E-state index < -0.39 is 0 Å². The minimum absolute atomic E-state index is 0. The molecule has 0 atom stereocenters. The van der Waals surface area contributed by atoms with Gasteiger partial charge in [0.1, 0.15) is 0 Å². The monoisotopic (exact) mass is 483 g/mol. The van der Waals surface area contributed by atoms with Crippen LogP contribution in [0.4, 0.5) is 5.95 Å². The summed E-state index contributed by atoms with van der Waals surface area (Å²) in [5.74, 6) is 1.64. The van der Waals surface area contributed by atoms with E-state index in [1.54, 1.807) is 9.36 Å². The molecule has 0 unspecified atom stereocenters. The molecule has 3 heterocycles. The molecule has 0 fully saturated rings. The van der Waals surface area contributed by atoms with E-state index >= 15 is 0 Å². The fourth-order valence-electron chi connectivity index (χ4n) is 2.84. The van der Waals surface area contributed by atoms with Gasteiger partial charge in [0.05, 0.1) is 11.4 Å². The number of anilines is 1. The quantitative estimate of drug-likeness (QED) is 0.298. The zero-order chi connectivity index (χ0) is 23.6. The Kier molecular flexibility index (Phi) is 12.1. The molecule has 3 aromatic rings. The van der Waals surface area contributed by atoms with E-state index in [1.165, 1.54) is 9.82 Å².